The molecule has 1 aromatic carbocycles. The van der Waals surface area contributed by atoms with E-state index in [1.165, 1.54) is 0 Å². The first kappa shape index (κ1) is 14.0. The van der Waals surface area contributed by atoms with E-state index in [2.05, 4.69) is 5.32 Å². The van der Waals surface area contributed by atoms with E-state index >= 15 is 0 Å². The van der Waals surface area contributed by atoms with Crippen molar-refractivity contribution in [3.05, 3.63) is 35.9 Å². The van der Waals surface area contributed by atoms with E-state index < -0.39 is 0 Å². The van der Waals surface area contributed by atoms with Gasteiger partial charge in [0, 0.05) is 6.04 Å². The lowest BCUT2D eigenvalue weighted by molar-refractivity contribution is -0.126. The van der Waals surface area contributed by atoms with E-state index in [4.69, 9.17) is 10.5 Å². The SMILES string of the molecule is NC1COCC1C(=O)N[C@@H](CO)Cc1ccccc1. The molecular formula is C14H20N2O3. The number of aliphatic hydroxyl groups is 1. The summed E-state index contributed by atoms with van der Waals surface area (Å²) in [6.45, 7) is 0.681. The molecule has 2 rings (SSSR count). The van der Waals surface area contributed by atoms with E-state index in [9.17, 15) is 9.90 Å². The summed E-state index contributed by atoms with van der Waals surface area (Å²) in [4.78, 5) is 12.0. The van der Waals surface area contributed by atoms with Gasteiger partial charge in [-0.15, -0.1) is 0 Å². The van der Waals surface area contributed by atoms with Crippen molar-refractivity contribution in [2.24, 2.45) is 11.7 Å². The molecule has 5 heteroatoms. The summed E-state index contributed by atoms with van der Waals surface area (Å²) in [6, 6.07) is 9.21. The van der Waals surface area contributed by atoms with Gasteiger partial charge in [-0.3, -0.25) is 4.79 Å². The average molecular weight is 264 g/mol. The lowest BCUT2D eigenvalue weighted by Gasteiger charge is -2.20. The summed E-state index contributed by atoms with van der Waals surface area (Å²) in [5.74, 6) is -0.454. The number of rotatable bonds is 5. The van der Waals surface area contributed by atoms with Crippen LogP contribution >= 0.6 is 0 Å². The van der Waals surface area contributed by atoms with Crippen molar-refractivity contribution < 1.29 is 14.6 Å². The van der Waals surface area contributed by atoms with Gasteiger partial charge in [-0.25, -0.2) is 0 Å². The Labute approximate surface area is 112 Å². The Bertz CT molecular complexity index is 410. The first-order valence-corrected chi connectivity index (χ1v) is 6.49. The molecule has 1 aliphatic rings. The number of benzene rings is 1. The summed E-state index contributed by atoms with van der Waals surface area (Å²) >= 11 is 0. The molecule has 2 unspecified atom stereocenters. The monoisotopic (exact) mass is 264 g/mol. The number of aliphatic hydroxyl groups excluding tert-OH is 1. The second kappa shape index (κ2) is 6.65. The minimum absolute atomic E-state index is 0.0938. The molecule has 0 aromatic heterocycles. The van der Waals surface area contributed by atoms with Crippen molar-refractivity contribution in [3.63, 3.8) is 0 Å². The molecule has 5 nitrogen and oxygen atoms in total. The Morgan fingerprint density at radius 3 is 2.74 bits per heavy atom. The number of carbonyl (C=O) groups is 1. The summed E-state index contributed by atoms with van der Waals surface area (Å²) in [7, 11) is 0. The van der Waals surface area contributed by atoms with Gasteiger partial charge in [0.25, 0.3) is 0 Å². The highest BCUT2D eigenvalue weighted by Crippen LogP contribution is 2.12. The third-order valence-electron chi connectivity index (χ3n) is 3.35. The lowest BCUT2D eigenvalue weighted by atomic mass is 10.0. The number of carbonyl (C=O) groups excluding carboxylic acids is 1. The van der Waals surface area contributed by atoms with Crippen molar-refractivity contribution >= 4 is 5.91 Å². The predicted molar refractivity (Wildman–Crippen MR) is 71.4 cm³/mol. The predicted octanol–water partition coefficient (Wildman–Crippen LogP) is -0.320. The van der Waals surface area contributed by atoms with Crippen LogP contribution in [-0.2, 0) is 16.0 Å². The van der Waals surface area contributed by atoms with Gasteiger partial charge in [-0.1, -0.05) is 30.3 Å². The van der Waals surface area contributed by atoms with Crippen molar-refractivity contribution in [3.8, 4) is 0 Å². The standard InChI is InChI=1S/C14H20N2O3/c15-13-9-19-8-12(13)14(18)16-11(7-17)6-10-4-2-1-3-5-10/h1-5,11-13,17H,6-9,15H2,(H,16,18)/t11-,12?,13?/m1/s1. The number of hydrogen-bond acceptors (Lipinski definition) is 4. The largest absolute Gasteiger partial charge is 0.394 e. The Hall–Kier alpha value is -1.43. The van der Waals surface area contributed by atoms with Crippen LogP contribution in [0.15, 0.2) is 30.3 Å². The van der Waals surface area contributed by atoms with Gasteiger partial charge in [0.05, 0.1) is 31.8 Å². The summed E-state index contributed by atoms with van der Waals surface area (Å²) in [6.07, 6.45) is 0.603. The smallest absolute Gasteiger partial charge is 0.227 e. The van der Waals surface area contributed by atoms with E-state index in [1.54, 1.807) is 0 Å². The average Bonchev–Trinajstić information content (AvgIpc) is 2.85. The summed E-state index contributed by atoms with van der Waals surface area (Å²) in [5, 5.41) is 12.2. The molecule has 1 heterocycles. The third-order valence-corrected chi connectivity index (χ3v) is 3.35. The fraction of sp³-hybridized carbons (Fsp3) is 0.500. The van der Waals surface area contributed by atoms with Gasteiger partial charge < -0.3 is 20.9 Å². The minimum atomic E-state index is -0.315. The molecule has 0 radical (unpaired) electrons. The van der Waals surface area contributed by atoms with Gasteiger partial charge in [-0.2, -0.15) is 0 Å². The number of nitrogens with one attached hydrogen (secondary N) is 1. The van der Waals surface area contributed by atoms with Crippen LogP contribution in [0.4, 0.5) is 0 Å². The zero-order chi connectivity index (χ0) is 13.7. The molecule has 19 heavy (non-hydrogen) atoms. The van der Waals surface area contributed by atoms with Crippen LogP contribution in [-0.4, -0.2) is 42.9 Å². The first-order chi connectivity index (χ1) is 9.20. The maximum absolute atomic E-state index is 12.0. The van der Waals surface area contributed by atoms with Crippen molar-refractivity contribution in [2.45, 2.75) is 18.5 Å². The second-order valence-electron chi connectivity index (χ2n) is 4.89. The molecule has 1 aromatic rings. The van der Waals surface area contributed by atoms with Crippen LogP contribution in [0.2, 0.25) is 0 Å². The zero-order valence-corrected chi connectivity index (χ0v) is 10.8. The normalized spacial score (nSPS) is 24.1. The summed E-state index contributed by atoms with van der Waals surface area (Å²) in [5.41, 5.74) is 6.88. The maximum atomic E-state index is 12.0. The van der Waals surface area contributed by atoms with Crippen LogP contribution in [0.25, 0.3) is 0 Å². The van der Waals surface area contributed by atoms with Crippen LogP contribution in [0.1, 0.15) is 5.56 Å². The fourth-order valence-electron chi connectivity index (χ4n) is 2.21. The Morgan fingerprint density at radius 2 is 2.16 bits per heavy atom. The zero-order valence-electron chi connectivity index (χ0n) is 10.8. The minimum Gasteiger partial charge on any atom is -0.394 e. The molecule has 1 saturated heterocycles. The van der Waals surface area contributed by atoms with Crippen molar-refractivity contribution in [1.82, 2.24) is 5.32 Å². The third kappa shape index (κ3) is 3.76. The van der Waals surface area contributed by atoms with Crippen molar-refractivity contribution in [2.75, 3.05) is 19.8 Å². The van der Waals surface area contributed by atoms with Crippen LogP contribution < -0.4 is 11.1 Å². The van der Waals surface area contributed by atoms with Crippen LogP contribution in [0, 0.1) is 5.92 Å². The number of nitrogens with two attached hydrogens (primary N) is 1. The summed E-state index contributed by atoms with van der Waals surface area (Å²) < 4.78 is 5.18. The highest BCUT2D eigenvalue weighted by molar-refractivity contribution is 5.80. The Kier molecular flexibility index (Phi) is 4.90. The molecule has 1 aliphatic heterocycles. The van der Waals surface area contributed by atoms with Gasteiger partial charge in [-0.05, 0) is 12.0 Å². The molecule has 1 amide bonds. The van der Waals surface area contributed by atoms with E-state index in [1.807, 2.05) is 30.3 Å². The van der Waals surface area contributed by atoms with Gasteiger partial charge in [0.1, 0.15) is 0 Å². The molecule has 0 aliphatic carbocycles. The van der Waals surface area contributed by atoms with Gasteiger partial charge in [0.15, 0.2) is 0 Å². The highest BCUT2D eigenvalue weighted by Gasteiger charge is 2.32. The quantitative estimate of drug-likeness (QED) is 0.680. The van der Waals surface area contributed by atoms with Crippen LogP contribution in [0.3, 0.4) is 0 Å². The highest BCUT2D eigenvalue weighted by atomic mass is 16.5. The molecule has 1 fully saturated rings. The molecule has 4 N–H and O–H groups in total. The second-order valence-corrected chi connectivity index (χ2v) is 4.89. The molecular weight excluding hydrogens is 244 g/mol. The van der Waals surface area contributed by atoms with Crippen molar-refractivity contribution in [1.29, 1.82) is 0 Å². The number of hydrogen-bond donors (Lipinski definition) is 3. The Balaban J connectivity index is 1.90. The molecule has 0 bridgehead atoms. The molecule has 3 atom stereocenters. The molecule has 0 saturated carbocycles. The lowest BCUT2D eigenvalue weighted by Crippen LogP contribution is -2.47. The van der Waals surface area contributed by atoms with E-state index in [-0.39, 0.29) is 30.5 Å². The van der Waals surface area contributed by atoms with E-state index in [0.717, 1.165) is 5.56 Å². The fourth-order valence-corrected chi connectivity index (χ4v) is 2.21. The van der Waals surface area contributed by atoms with Crippen LogP contribution in [0.5, 0.6) is 0 Å². The number of ether oxygens (including phenoxy) is 1. The topological polar surface area (TPSA) is 84.6 Å². The molecule has 104 valence electrons. The number of amides is 1. The molecule has 0 spiro atoms. The van der Waals surface area contributed by atoms with Gasteiger partial charge >= 0.3 is 0 Å². The maximum Gasteiger partial charge on any atom is 0.227 e. The Morgan fingerprint density at radius 1 is 1.42 bits per heavy atom. The van der Waals surface area contributed by atoms with Gasteiger partial charge in [0.2, 0.25) is 5.91 Å². The first-order valence-electron chi connectivity index (χ1n) is 6.49. The van der Waals surface area contributed by atoms with E-state index in [0.29, 0.717) is 19.6 Å².